The highest BCUT2D eigenvalue weighted by atomic mass is 16.7. The van der Waals surface area contributed by atoms with E-state index in [1.807, 2.05) is 20.8 Å². The Balaban J connectivity index is 1.29. The molecule has 6 rings (SSSR count). The first-order chi connectivity index (χ1) is 27.2. The van der Waals surface area contributed by atoms with Gasteiger partial charge in [0.15, 0.2) is 18.4 Å². The van der Waals surface area contributed by atoms with Crippen molar-refractivity contribution in [3.8, 4) is 0 Å². The Morgan fingerprint density at radius 2 is 1.60 bits per heavy atom. The Morgan fingerprint density at radius 3 is 2.23 bits per heavy atom. The van der Waals surface area contributed by atoms with E-state index in [0.29, 0.717) is 43.7 Å². The number of aliphatic hydroxyl groups is 1. The number of hydrogen-bond acceptors (Lipinski definition) is 13. The number of nitrogens with one attached hydrogen (secondary N) is 1. The molecule has 57 heavy (non-hydrogen) atoms. The Labute approximate surface area is 341 Å². The number of cyclic esters (lactones) is 1. The predicted molar refractivity (Wildman–Crippen MR) is 213 cm³/mol. The molecule has 5 fully saturated rings. The molecule has 3 saturated heterocycles. The summed E-state index contributed by atoms with van der Waals surface area (Å²) in [6.07, 6.45) is 4.01. The predicted octanol–water partition coefficient (Wildman–Crippen LogP) is 4.66. The van der Waals surface area contributed by atoms with Crippen LogP contribution in [0.4, 0.5) is 0 Å². The first kappa shape index (κ1) is 45.0. The van der Waals surface area contributed by atoms with Crippen LogP contribution >= 0.6 is 0 Å². The second-order valence-electron chi connectivity index (χ2n) is 18.5. The number of ether oxygens (including phenoxy) is 8. The van der Waals surface area contributed by atoms with Crippen molar-refractivity contribution in [2.24, 2.45) is 35.5 Å². The van der Waals surface area contributed by atoms with Crippen LogP contribution in [0.5, 0.6) is 0 Å². The minimum Gasteiger partial charge on any atom is -0.462 e. The number of rotatable bonds is 11. The fourth-order valence-corrected chi connectivity index (χ4v) is 11.6. The van der Waals surface area contributed by atoms with Crippen molar-refractivity contribution in [1.29, 1.82) is 0 Å². The summed E-state index contributed by atoms with van der Waals surface area (Å²) in [5.41, 5.74) is 0.632. The summed E-state index contributed by atoms with van der Waals surface area (Å²) in [5, 5.41) is 16.2. The fraction of sp³-hybridized carbons (Fsp3) is 0.909. The van der Waals surface area contributed by atoms with Gasteiger partial charge in [-0.2, -0.15) is 0 Å². The van der Waals surface area contributed by atoms with E-state index in [1.165, 1.54) is 0 Å². The van der Waals surface area contributed by atoms with E-state index in [-0.39, 0.29) is 96.7 Å². The second-order valence-corrected chi connectivity index (χ2v) is 18.5. The molecule has 326 valence electrons. The first-order valence-corrected chi connectivity index (χ1v) is 22.0. The van der Waals surface area contributed by atoms with Gasteiger partial charge in [0.05, 0.1) is 36.9 Å². The maximum Gasteiger partial charge on any atom is 0.306 e. The van der Waals surface area contributed by atoms with Gasteiger partial charge in [0.1, 0.15) is 24.4 Å². The molecule has 3 aliphatic heterocycles. The number of methoxy groups -OCH3 is 3. The number of likely N-dealkylation sites (N-methyl/N-ethyl adjacent to an activating group) is 1. The lowest BCUT2D eigenvalue weighted by Gasteiger charge is -2.48. The average molecular weight is 807 g/mol. The highest BCUT2D eigenvalue weighted by Crippen LogP contribution is 2.57. The minimum absolute atomic E-state index is 0.00289. The summed E-state index contributed by atoms with van der Waals surface area (Å²) < 4.78 is 50.0. The summed E-state index contributed by atoms with van der Waals surface area (Å²) >= 11 is 0. The van der Waals surface area contributed by atoms with Crippen molar-refractivity contribution in [1.82, 2.24) is 10.2 Å². The van der Waals surface area contributed by atoms with Gasteiger partial charge in [-0.15, -0.1) is 0 Å². The lowest BCUT2D eigenvalue weighted by Crippen LogP contribution is -2.59. The van der Waals surface area contributed by atoms with Crippen molar-refractivity contribution < 1.29 is 52.6 Å². The average Bonchev–Trinajstić information content (AvgIpc) is 3.75. The quantitative estimate of drug-likeness (QED) is 0.280. The minimum atomic E-state index is -0.797. The molecular weight excluding hydrogens is 732 g/mol. The topological polar surface area (TPSA) is 143 Å². The van der Waals surface area contributed by atoms with Crippen LogP contribution in [0.2, 0.25) is 0 Å². The van der Waals surface area contributed by atoms with E-state index in [1.54, 1.807) is 21.3 Å². The van der Waals surface area contributed by atoms with E-state index in [0.717, 1.165) is 19.3 Å². The molecule has 3 unspecified atom stereocenters. The van der Waals surface area contributed by atoms with Gasteiger partial charge >= 0.3 is 5.97 Å². The number of hydrogen-bond donors (Lipinski definition) is 2. The third kappa shape index (κ3) is 9.53. The molecular formula is C44H74N2O11. The second kappa shape index (κ2) is 19.5. The maximum atomic E-state index is 14.9. The third-order valence-electron chi connectivity index (χ3n) is 14.4. The summed E-state index contributed by atoms with van der Waals surface area (Å²) in [5.74, 6) is -1.57. The van der Waals surface area contributed by atoms with Crippen LogP contribution in [0.15, 0.2) is 11.6 Å². The first-order valence-electron chi connectivity index (χ1n) is 22.0. The molecule has 0 aromatic carbocycles. The number of carbonyl (C=O) groups excluding carboxylic acids is 2. The van der Waals surface area contributed by atoms with Gasteiger partial charge in [-0.25, -0.2) is 0 Å². The zero-order valence-electron chi connectivity index (χ0n) is 36.5. The van der Waals surface area contributed by atoms with E-state index >= 15 is 0 Å². The van der Waals surface area contributed by atoms with Crippen molar-refractivity contribution in [2.75, 3.05) is 35.4 Å². The van der Waals surface area contributed by atoms with E-state index in [4.69, 9.17) is 37.9 Å². The van der Waals surface area contributed by atoms with Crippen LogP contribution in [0, 0.1) is 35.5 Å². The zero-order chi connectivity index (χ0) is 41.3. The molecule has 3 aliphatic carbocycles. The number of Topliss-reactive ketones (excluding diaryl/α,β-unsaturated/α-hetero) is 1. The largest absolute Gasteiger partial charge is 0.462 e. The molecule has 0 amide bonds. The maximum absolute atomic E-state index is 14.9. The molecule has 0 bridgehead atoms. The normalized spacial score (nSPS) is 45.8. The molecule has 0 aromatic rings. The Bertz CT molecular complexity index is 1380. The van der Waals surface area contributed by atoms with Crippen LogP contribution in [0.1, 0.15) is 99.3 Å². The molecule has 2 saturated carbocycles. The fourth-order valence-electron chi connectivity index (χ4n) is 11.6. The van der Waals surface area contributed by atoms with E-state index in [2.05, 4.69) is 51.2 Å². The number of fused-ring (bicyclic) bond motifs is 5. The summed E-state index contributed by atoms with van der Waals surface area (Å²) in [7, 11) is 9.08. The van der Waals surface area contributed by atoms with Gasteiger partial charge in [-0.05, 0) is 103 Å². The van der Waals surface area contributed by atoms with Gasteiger partial charge in [0.2, 0.25) is 0 Å². The van der Waals surface area contributed by atoms with Gasteiger partial charge in [-0.3, -0.25) is 9.59 Å². The van der Waals surface area contributed by atoms with Crippen molar-refractivity contribution in [2.45, 2.75) is 185 Å². The number of aliphatic hydroxyl groups excluding tert-OH is 1. The molecule has 3 heterocycles. The number of carbonyl (C=O) groups is 2. The zero-order valence-corrected chi connectivity index (χ0v) is 36.5. The lowest BCUT2D eigenvalue weighted by molar-refractivity contribution is -0.314. The highest BCUT2D eigenvalue weighted by molar-refractivity contribution is 5.99. The number of ketones is 1. The summed E-state index contributed by atoms with van der Waals surface area (Å²) in [4.78, 5) is 30.9. The molecule has 0 spiro atoms. The molecule has 0 radical (unpaired) electrons. The SMILES string of the molecule is CC[C@H]1CCC[C@H](O[C@H]2CC[C@H](N(C)C)C(C)O2)[C@@H](C)C(=O)C2=C[C@H]3[C@@H]4C[C@H](O[C@@H]5OC(C)[C@H](OC)C(OC)[C@@H]5OC)C[C@H]4[C@H](NC(C)C)[C@@H](O)[C@H]3[C@@H]2CC(=O)O1. The van der Waals surface area contributed by atoms with Crippen LogP contribution in [0.3, 0.4) is 0 Å². The smallest absolute Gasteiger partial charge is 0.306 e. The molecule has 13 heteroatoms. The van der Waals surface area contributed by atoms with Crippen molar-refractivity contribution in [3.63, 3.8) is 0 Å². The van der Waals surface area contributed by atoms with Crippen molar-refractivity contribution >= 4 is 11.8 Å². The van der Waals surface area contributed by atoms with E-state index in [9.17, 15) is 14.7 Å². The van der Waals surface area contributed by atoms with Crippen LogP contribution in [-0.2, 0) is 47.5 Å². The van der Waals surface area contributed by atoms with Gasteiger partial charge < -0.3 is 53.2 Å². The molecule has 6 aliphatic rings. The van der Waals surface area contributed by atoms with Crippen LogP contribution in [0.25, 0.3) is 0 Å². The highest BCUT2D eigenvalue weighted by Gasteiger charge is 2.60. The third-order valence-corrected chi connectivity index (χ3v) is 14.4. The van der Waals surface area contributed by atoms with Gasteiger partial charge in [0, 0.05) is 57.2 Å². The number of esters is 1. The lowest BCUT2D eigenvalue weighted by atomic mass is 9.62. The van der Waals surface area contributed by atoms with Gasteiger partial charge in [-0.1, -0.05) is 33.8 Å². The van der Waals surface area contributed by atoms with E-state index < -0.39 is 36.6 Å². The molecule has 19 atom stereocenters. The Hall–Kier alpha value is -1.52. The van der Waals surface area contributed by atoms with Crippen LogP contribution in [-0.4, -0.2) is 143 Å². The van der Waals surface area contributed by atoms with Gasteiger partial charge in [0.25, 0.3) is 0 Å². The number of nitrogens with zero attached hydrogens (tertiary/aromatic N) is 1. The summed E-state index contributed by atoms with van der Waals surface area (Å²) in [6, 6.07) is 0.157. The van der Waals surface area contributed by atoms with Crippen molar-refractivity contribution in [3.05, 3.63) is 11.6 Å². The Morgan fingerprint density at radius 1 is 0.895 bits per heavy atom. The molecule has 0 aromatic heterocycles. The summed E-state index contributed by atoms with van der Waals surface area (Å²) in [6.45, 7) is 12.3. The molecule has 13 nitrogen and oxygen atoms in total. The number of allylic oxidation sites excluding steroid dienone is 2. The Kier molecular flexibility index (Phi) is 15.4. The monoisotopic (exact) mass is 807 g/mol. The standard InChI is InChI=1S/C44H74N2O11/c1-12-26-14-13-15-34(57-36-17-16-33(46(7)8)24(5)53-36)23(4)39(48)32-20-29-28-18-27(56-44-43(52-11)42(51-10)41(50-9)25(6)54-44)19-31(28)38(45-22(2)3)40(49)37(29)30(32)21-35(47)55-26/h20,22-31,33-34,36-38,40-45,49H,12-19,21H2,1-11H3/t23-,24?,25?,26+,27+,28+,29+,30-,31-,33+,34+,36+,37-,38+,40+,41+,42?,43+,44+/m1/s1. The molecule has 2 N–H and O–H groups in total. The van der Waals surface area contributed by atoms with Crippen LogP contribution < -0.4 is 5.32 Å².